The van der Waals surface area contributed by atoms with Gasteiger partial charge in [0.05, 0.1) is 6.10 Å². The van der Waals surface area contributed by atoms with Crippen molar-refractivity contribution in [2.75, 3.05) is 16.8 Å². The Hall–Kier alpha value is -2.63. The predicted octanol–water partition coefficient (Wildman–Crippen LogP) is 3.39. The molecular formula is C19H24N4O2. The van der Waals surface area contributed by atoms with E-state index in [9.17, 15) is 4.79 Å². The van der Waals surface area contributed by atoms with Crippen LogP contribution < -0.4 is 15.0 Å². The van der Waals surface area contributed by atoms with Crippen molar-refractivity contribution in [1.29, 1.82) is 0 Å². The molecule has 2 aromatic rings. The fourth-order valence-corrected chi connectivity index (χ4v) is 2.81. The highest BCUT2D eigenvalue weighted by Crippen LogP contribution is 2.23. The first-order chi connectivity index (χ1) is 12.1. The summed E-state index contributed by atoms with van der Waals surface area (Å²) in [7, 11) is 0. The third-order valence-electron chi connectivity index (χ3n) is 4.04. The van der Waals surface area contributed by atoms with E-state index in [0.717, 1.165) is 30.6 Å². The van der Waals surface area contributed by atoms with E-state index in [1.165, 1.54) is 0 Å². The molecule has 0 bridgehead atoms. The Balaban J connectivity index is 1.63. The van der Waals surface area contributed by atoms with Crippen LogP contribution in [0.3, 0.4) is 0 Å². The normalized spacial score (nSPS) is 14.7. The summed E-state index contributed by atoms with van der Waals surface area (Å²) in [4.78, 5) is 22.4. The highest BCUT2D eigenvalue weighted by atomic mass is 16.5. The maximum atomic E-state index is 12.0. The van der Waals surface area contributed by atoms with Gasteiger partial charge in [0.1, 0.15) is 0 Å². The summed E-state index contributed by atoms with van der Waals surface area (Å²) in [5.74, 6) is 1.35. The molecule has 132 valence electrons. The molecule has 1 aromatic carbocycles. The zero-order valence-electron chi connectivity index (χ0n) is 14.7. The second kappa shape index (κ2) is 7.96. The minimum atomic E-state index is 0.0404. The summed E-state index contributed by atoms with van der Waals surface area (Å²) in [6.07, 6.45) is 6.01. The van der Waals surface area contributed by atoms with E-state index < -0.39 is 0 Å². The van der Waals surface area contributed by atoms with Gasteiger partial charge in [-0.1, -0.05) is 12.1 Å². The molecule has 1 aromatic heterocycles. The van der Waals surface area contributed by atoms with Gasteiger partial charge in [-0.3, -0.25) is 4.79 Å². The van der Waals surface area contributed by atoms with Crippen LogP contribution >= 0.6 is 0 Å². The summed E-state index contributed by atoms with van der Waals surface area (Å²) in [5.41, 5.74) is 2.08. The van der Waals surface area contributed by atoms with Crippen LogP contribution in [0.1, 0.15) is 38.7 Å². The molecule has 1 amide bonds. The Bertz CT molecular complexity index is 716. The lowest BCUT2D eigenvalue weighted by atomic mass is 10.1. The molecule has 3 rings (SSSR count). The van der Waals surface area contributed by atoms with Gasteiger partial charge in [-0.15, -0.1) is 0 Å². The molecule has 0 spiro atoms. The number of rotatable bonds is 6. The van der Waals surface area contributed by atoms with Gasteiger partial charge in [0.2, 0.25) is 5.91 Å². The fraction of sp³-hybridized carbons (Fsp3) is 0.421. The van der Waals surface area contributed by atoms with Crippen molar-refractivity contribution in [1.82, 2.24) is 9.97 Å². The van der Waals surface area contributed by atoms with Crippen molar-refractivity contribution >= 4 is 17.4 Å². The highest BCUT2D eigenvalue weighted by Gasteiger charge is 2.19. The number of nitrogens with one attached hydrogen (secondary N) is 1. The third kappa shape index (κ3) is 4.47. The van der Waals surface area contributed by atoms with Crippen molar-refractivity contribution in [3.63, 3.8) is 0 Å². The van der Waals surface area contributed by atoms with E-state index in [4.69, 9.17) is 4.74 Å². The maximum Gasteiger partial charge on any atom is 0.257 e. The molecule has 6 nitrogen and oxygen atoms in total. The Morgan fingerprint density at radius 3 is 2.64 bits per heavy atom. The molecule has 0 saturated carbocycles. The second-order valence-corrected chi connectivity index (χ2v) is 6.40. The number of hydrogen-bond donors (Lipinski definition) is 1. The van der Waals surface area contributed by atoms with E-state index in [-0.39, 0.29) is 12.0 Å². The lowest BCUT2D eigenvalue weighted by Crippen LogP contribution is -2.35. The van der Waals surface area contributed by atoms with Crippen LogP contribution in [0, 0.1) is 0 Å². The Morgan fingerprint density at radius 1 is 1.16 bits per heavy atom. The summed E-state index contributed by atoms with van der Waals surface area (Å²) < 4.78 is 5.66. The molecule has 0 aliphatic carbocycles. The molecule has 1 saturated heterocycles. The van der Waals surface area contributed by atoms with Crippen molar-refractivity contribution in [2.24, 2.45) is 0 Å². The maximum absolute atomic E-state index is 12.0. The molecule has 2 heterocycles. The van der Waals surface area contributed by atoms with E-state index in [1.54, 1.807) is 12.4 Å². The number of piperidine rings is 1. The number of carbonyl (C=O) groups excluding carboxylic acids is 1. The zero-order valence-corrected chi connectivity index (χ0v) is 14.7. The van der Waals surface area contributed by atoms with E-state index in [1.807, 2.05) is 43.0 Å². The minimum Gasteiger partial charge on any atom is -0.472 e. The first-order valence-corrected chi connectivity index (χ1v) is 8.74. The van der Waals surface area contributed by atoms with E-state index in [0.29, 0.717) is 24.7 Å². The number of amides is 1. The monoisotopic (exact) mass is 340 g/mol. The van der Waals surface area contributed by atoms with Gasteiger partial charge in [-0.05, 0) is 44.4 Å². The summed E-state index contributed by atoms with van der Waals surface area (Å²) in [6.45, 7) is 5.34. The van der Waals surface area contributed by atoms with Gasteiger partial charge in [0.25, 0.3) is 5.88 Å². The average molecular weight is 340 g/mol. The van der Waals surface area contributed by atoms with Gasteiger partial charge < -0.3 is 15.0 Å². The molecule has 0 radical (unpaired) electrons. The average Bonchev–Trinajstić information content (AvgIpc) is 2.61. The number of anilines is 2. The summed E-state index contributed by atoms with van der Waals surface area (Å²) >= 11 is 0. The molecule has 1 N–H and O–H groups in total. The molecule has 6 heteroatoms. The van der Waals surface area contributed by atoms with Crippen molar-refractivity contribution in [3.05, 3.63) is 42.2 Å². The topological polar surface area (TPSA) is 67.4 Å². The largest absolute Gasteiger partial charge is 0.472 e. The summed E-state index contributed by atoms with van der Waals surface area (Å²) in [6, 6.07) is 8.07. The van der Waals surface area contributed by atoms with Gasteiger partial charge in [-0.2, -0.15) is 0 Å². The minimum absolute atomic E-state index is 0.0404. The highest BCUT2D eigenvalue weighted by molar-refractivity contribution is 5.93. The van der Waals surface area contributed by atoms with Crippen molar-refractivity contribution in [2.45, 2.75) is 45.8 Å². The van der Waals surface area contributed by atoms with Crippen LogP contribution in [0.15, 0.2) is 36.7 Å². The number of carbonyl (C=O) groups is 1. The van der Waals surface area contributed by atoms with Gasteiger partial charge in [0.15, 0.2) is 5.82 Å². The number of ether oxygens (including phenoxy) is 1. The SMILES string of the molecule is CC(C)Oc1nccnc1NCc1ccc(N2CCCCC2=O)cc1. The predicted molar refractivity (Wildman–Crippen MR) is 97.8 cm³/mol. The van der Waals surface area contributed by atoms with Crippen LogP contribution in [-0.4, -0.2) is 28.5 Å². The quantitative estimate of drug-likeness (QED) is 0.873. The molecule has 0 unspecified atom stereocenters. The van der Waals surface area contributed by atoms with Crippen LogP contribution in [0.4, 0.5) is 11.5 Å². The number of benzene rings is 1. The summed E-state index contributed by atoms with van der Waals surface area (Å²) in [5, 5.41) is 3.26. The molecule has 25 heavy (non-hydrogen) atoms. The molecule has 1 aliphatic heterocycles. The van der Waals surface area contributed by atoms with Crippen LogP contribution in [0.5, 0.6) is 5.88 Å². The van der Waals surface area contributed by atoms with Crippen LogP contribution in [0.2, 0.25) is 0 Å². The fourth-order valence-electron chi connectivity index (χ4n) is 2.81. The first-order valence-electron chi connectivity index (χ1n) is 8.74. The molecule has 1 aliphatic rings. The zero-order chi connectivity index (χ0) is 17.6. The smallest absolute Gasteiger partial charge is 0.257 e. The van der Waals surface area contributed by atoms with Crippen LogP contribution in [-0.2, 0) is 11.3 Å². The van der Waals surface area contributed by atoms with Crippen molar-refractivity contribution in [3.8, 4) is 5.88 Å². The first kappa shape index (κ1) is 17.2. The molecule has 1 fully saturated rings. The molecular weight excluding hydrogens is 316 g/mol. The van der Waals surface area contributed by atoms with Crippen molar-refractivity contribution < 1.29 is 9.53 Å². The molecule has 0 atom stereocenters. The lowest BCUT2D eigenvalue weighted by molar-refractivity contribution is -0.119. The Kier molecular flexibility index (Phi) is 5.48. The lowest BCUT2D eigenvalue weighted by Gasteiger charge is -2.26. The van der Waals surface area contributed by atoms with E-state index >= 15 is 0 Å². The number of nitrogens with zero attached hydrogens (tertiary/aromatic N) is 3. The van der Waals surface area contributed by atoms with E-state index in [2.05, 4.69) is 15.3 Å². The van der Waals surface area contributed by atoms with Crippen LogP contribution in [0.25, 0.3) is 0 Å². The van der Waals surface area contributed by atoms with Gasteiger partial charge in [-0.25, -0.2) is 9.97 Å². The van der Waals surface area contributed by atoms with Gasteiger partial charge in [0, 0.05) is 37.6 Å². The third-order valence-corrected chi connectivity index (χ3v) is 4.04. The Labute approximate surface area is 148 Å². The number of hydrogen-bond acceptors (Lipinski definition) is 5. The van der Waals surface area contributed by atoms with Gasteiger partial charge >= 0.3 is 0 Å². The Morgan fingerprint density at radius 2 is 1.92 bits per heavy atom. The standard InChI is InChI=1S/C19H24N4O2/c1-14(2)25-19-18(20-10-11-21-19)22-13-15-6-8-16(9-7-15)23-12-4-3-5-17(23)24/h6-11,14H,3-5,12-13H2,1-2H3,(H,20,22). The number of aromatic nitrogens is 2. The second-order valence-electron chi connectivity index (χ2n) is 6.40.